The van der Waals surface area contributed by atoms with Crippen LogP contribution < -0.4 is 0 Å². The zero-order valence-corrected chi connectivity index (χ0v) is 12.4. The average Bonchev–Trinajstić information content (AvgIpc) is 2.26. The van der Waals surface area contributed by atoms with Crippen LogP contribution in [0.15, 0.2) is 18.2 Å². The molecule has 0 bridgehead atoms. The highest BCUT2D eigenvalue weighted by Crippen LogP contribution is 2.12. The standard InChI is InChI=1S/C14H20BrNO/c1-4-6-16(7-5-15)14(17)13-9-11(2)8-12(3)10-13/h8-10H,4-7H2,1-3H3. The highest BCUT2D eigenvalue weighted by Gasteiger charge is 2.14. The van der Waals surface area contributed by atoms with Crippen LogP contribution in [0.3, 0.4) is 0 Å². The molecule has 0 aromatic heterocycles. The maximum atomic E-state index is 12.3. The van der Waals surface area contributed by atoms with Crippen molar-refractivity contribution in [1.29, 1.82) is 0 Å². The molecule has 0 saturated carbocycles. The SMILES string of the molecule is CCCN(CCBr)C(=O)c1cc(C)cc(C)c1. The van der Waals surface area contributed by atoms with E-state index in [2.05, 4.69) is 28.9 Å². The lowest BCUT2D eigenvalue weighted by atomic mass is 10.1. The topological polar surface area (TPSA) is 20.3 Å². The number of alkyl halides is 1. The lowest BCUT2D eigenvalue weighted by molar-refractivity contribution is 0.0766. The number of carbonyl (C=O) groups excluding carboxylic acids is 1. The molecule has 0 spiro atoms. The summed E-state index contributed by atoms with van der Waals surface area (Å²) in [6.45, 7) is 7.73. The van der Waals surface area contributed by atoms with E-state index in [0.29, 0.717) is 0 Å². The first-order chi connectivity index (χ1) is 8.08. The van der Waals surface area contributed by atoms with Crippen LogP contribution in [0.1, 0.15) is 34.8 Å². The number of halogens is 1. The van der Waals surface area contributed by atoms with E-state index >= 15 is 0 Å². The second-order valence-electron chi connectivity index (χ2n) is 4.36. The Morgan fingerprint density at radius 1 is 1.18 bits per heavy atom. The Morgan fingerprint density at radius 3 is 2.24 bits per heavy atom. The highest BCUT2D eigenvalue weighted by atomic mass is 79.9. The molecule has 0 aliphatic rings. The van der Waals surface area contributed by atoms with Crippen molar-refractivity contribution in [2.24, 2.45) is 0 Å². The van der Waals surface area contributed by atoms with Crippen LogP contribution in [-0.4, -0.2) is 29.2 Å². The number of benzene rings is 1. The largest absolute Gasteiger partial charge is 0.338 e. The molecule has 2 nitrogen and oxygen atoms in total. The van der Waals surface area contributed by atoms with Crippen LogP contribution in [0.5, 0.6) is 0 Å². The van der Waals surface area contributed by atoms with Crippen molar-refractivity contribution in [1.82, 2.24) is 4.90 Å². The number of rotatable bonds is 5. The summed E-state index contributed by atoms with van der Waals surface area (Å²) < 4.78 is 0. The van der Waals surface area contributed by atoms with Gasteiger partial charge in [-0.05, 0) is 32.4 Å². The van der Waals surface area contributed by atoms with Crippen molar-refractivity contribution >= 4 is 21.8 Å². The van der Waals surface area contributed by atoms with Gasteiger partial charge in [0.15, 0.2) is 0 Å². The van der Waals surface area contributed by atoms with Gasteiger partial charge in [-0.25, -0.2) is 0 Å². The van der Waals surface area contributed by atoms with E-state index in [-0.39, 0.29) is 5.91 Å². The number of hydrogen-bond acceptors (Lipinski definition) is 1. The van der Waals surface area contributed by atoms with Crippen LogP contribution in [0, 0.1) is 13.8 Å². The molecule has 0 N–H and O–H groups in total. The van der Waals surface area contributed by atoms with Crippen molar-refractivity contribution < 1.29 is 4.79 Å². The molecular weight excluding hydrogens is 278 g/mol. The smallest absolute Gasteiger partial charge is 0.253 e. The number of hydrogen-bond donors (Lipinski definition) is 0. The predicted octanol–water partition coefficient (Wildman–Crippen LogP) is 3.55. The van der Waals surface area contributed by atoms with Gasteiger partial charge in [0.1, 0.15) is 0 Å². The Labute approximate surface area is 112 Å². The molecule has 1 aromatic rings. The maximum absolute atomic E-state index is 12.3. The third kappa shape index (κ3) is 4.15. The van der Waals surface area contributed by atoms with Crippen molar-refractivity contribution in [2.75, 3.05) is 18.4 Å². The quantitative estimate of drug-likeness (QED) is 0.761. The molecule has 1 aromatic carbocycles. The molecule has 0 heterocycles. The minimum absolute atomic E-state index is 0.137. The summed E-state index contributed by atoms with van der Waals surface area (Å²) in [5, 5.41) is 0.823. The molecule has 0 atom stereocenters. The van der Waals surface area contributed by atoms with E-state index in [1.807, 2.05) is 30.9 Å². The first kappa shape index (κ1) is 14.2. The number of amides is 1. The molecule has 1 amide bonds. The minimum atomic E-state index is 0.137. The second-order valence-corrected chi connectivity index (χ2v) is 5.15. The highest BCUT2D eigenvalue weighted by molar-refractivity contribution is 9.09. The molecule has 3 heteroatoms. The van der Waals surface area contributed by atoms with E-state index in [1.165, 1.54) is 0 Å². The number of carbonyl (C=O) groups is 1. The summed E-state index contributed by atoms with van der Waals surface area (Å²) in [5.74, 6) is 0.137. The average molecular weight is 298 g/mol. The van der Waals surface area contributed by atoms with Crippen molar-refractivity contribution in [3.8, 4) is 0 Å². The van der Waals surface area contributed by atoms with E-state index in [0.717, 1.165) is 41.5 Å². The Morgan fingerprint density at radius 2 is 1.76 bits per heavy atom. The van der Waals surface area contributed by atoms with Gasteiger partial charge in [0.2, 0.25) is 0 Å². The van der Waals surface area contributed by atoms with Crippen molar-refractivity contribution in [2.45, 2.75) is 27.2 Å². The molecule has 0 aliphatic heterocycles. The molecule has 0 aliphatic carbocycles. The minimum Gasteiger partial charge on any atom is -0.338 e. The maximum Gasteiger partial charge on any atom is 0.253 e. The zero-order chi connectivity index (χ0) is 12.8. The fraction of sp³-hybridized carbons (Fsp3) is 0.500. The first-order valence-corrected chi connectivity index (χ1v) is 7.14. The van der Waals surface area contributed by atoms with Crippen LogP contribution in [0.4, 0.5) is 0 Å². The van der Waals surface area contributed by atoms with Crippen molar-refractivity contribution in [3.05, 3.63) is 34.9 Å². The van der Waals surface area contributed by atoms with Gasteiger partial charge in [-0.1, -0.05) is 40.0 Å². The summed E-state index contributed by atoms with van der Waals surface area (Å²) in [6.07, 6.45) is 0.990. The van der Waals surface area contributed by atoms with E-state index in [1.54, 1.807) is 0 Å². The summed E-state index contributed by atoms with van der Waals surface area (Å²) in [6, 6.07) is 6.02. The molecule has 0 fully saturated rings. The zero-order valence-electron chi connectivity index (χ0n) is 10.8. The first-order valence-electron chi connectivity index (χ1n) is 6.02. The van der Waals surface area contributed by atoms with E-state index in [4.69, 9.17) is 0 Å². The molecule has 0 saturated heterocycles. The Kier molecular flexibility index (Phi) is 5.69. The van der Waals surface area contributed by atoms with Gasteiger partial charge in [0.05, 0.1) is 0 Å². The van der Waals surface area contributed by atoms with Gasteiger partial charge in [-0.3, -0.25) is 4.79 Å². The normalized spacial score (nSPS) is 10.4. The number of aryl methyl sites for hydroxylation is 2. The van der Waals surface area contributed by atoms with Crippen LogP contribution in [0.2, 0.25) is 0 Å². The van der Waals surface area contributed by atoms with Gasteiger partial charge in [0.25, 0.3) is 5.91 Å². The fourth-order valence-electron chi connectivity index (χ4n) is 1.97. The molecule has 0 radical (unpaired) electrons. The van der Waals surface area contributed by atoms with E-state index in [9.17, 15) is 4.79 Å². The lowest BCUT2D eigenvalue weighted by Gasteiger charge is -2.21. The Bertz CT molecular complexity index is 364. The third-order valence-electron chi connectivity index (χ3n) is 2.60. The van der Waals surface area contributed by atoms with Gasteiger partial charge < -0.3 is 4.90 Å². The predicted molar refractivity (Wildman–Crippen MR) is 75.9 cm³/mol. The van der Waals surface area contributed by atoms with Gasteiger partial charge in [0, 0.05) is 24.0 Å². The summed E-state index contributed by atoms with van der Waals surface area (Å²) in [7, 11) is 0. The van der Waals surface area contributed by atoms with Gasteiger partial charge in [-0.2, -0.15) is 0 Å². The molecule has 94 valence electrons. The third-order valence-corrected chi connectivity index (χ3v) is 2.96. The summed E-state index contributed by atoms with van der Waals surface area (Å²) in [5.41, 5.74) is 3.09. The second kappa shape index (κ2) is 6.80. The van der Waals surface area contributed by atoms with Crippen molar-refractivity contribution in [3.63, 3.8) is 0 Å². The summed E-state index contributed by atoms with van der Waals surface area (Å²) in [4.78, 5) is 14.2. The molecular formula is C14H20BrNO. The Hall–Kier alpha value is -0.830. The van der Waals surface area contributed by atoms with E-state index < -0.39 is 0 Å². The number of nitrogens with zero attached hydrogens (tertiary/aromatic N) is 1. The molecule has 0 unspecified atom stereocenters. The Balaban J connectivity index is 2.92. The van der Waals surface area contributed by atoms with Gasteiger partial charge >= 0.3 is 0 Å². The molecule has 1 rings (SSSR count). The summed E-state index contributed by atoms with van der Waals surface area (Å²) >= 11 is 3.40. The van der Waals surface area contributed by atoms with Gasteiger partial charge in [-0.15, -0.1) is 0 Å². The monoisotopic (exact) mass is 297 g/mol. The lowest BCUT2D eigenvalue weighted by Crippen LogP contribution is -2.33. The molecule has 17 heavy (non-hydrogen) atoms. The van der Waals surface area contributed by atoms with Crippen LogP contribution >= 0.6 is 15.9 Å². The fourth-order valence-corrected chi connectivity index (χ4v) is 2.40. The van der Waals surface area contributed by atoms with Crippen LogP contribution in [-0.2, 0) is 0 Å². The van der Waals surface area contributed by atoms with Crippen LogP contribution in [0.25, 0.3) is 0 Å².